The van der Waals surface area contributed by atoms with Crippen molar-refractivity contribution < 1.29 is 9.53 Å². The Kier molecular flexibility index (Phi) is 4.93. The minimum atomic E-state index is -0.740. The average Bonchev–Trinajstić information content (AvgIpc) is 2.28. The van der Waals surface area contributed by atoms with Crippen molar-refractivity contribution >= 4 is 27.9 Å². The Hall–Kier alpha value is -1.80. The number of primary amides is 1. The molecule has 0 radical (unpaired) electrons. The number of nitrogens with zero attached hydrogens (tertiary/aromatic N) is 1. The van der Waals surface area contributed by atoms with Crippen LogP contribution in [0.5, 0.6) is 5.75 Å². The van der Waals surface area contributed by atoms with Gasteiger partial charge in [0.1, 0.15) is 17.4 Å². The molecule has 0 aliphatic carbocycles. The molecule has 0 heterocycles. The van der Waals surface area contributed by atoms with E-state index in [-0.39, 0.29) is 11.7 Å². The summed E-state index contributed by atoms with van der Waals surface area (Å²) in [6.45, 7) is 3.86. The third-order valence-electron chi connectivity index (χ3n) is 2.02. The smallest absolute Gasteiger partial charge is 0.259 e. The van der Waals surface area contributed by atoms with Gasteiger partial charge in [0.15, 0.2) is 0 Å². The number of hydrogen-bond donors (Lipinski definition) is 1. The van der Waals surface area contributed by atoms with E-state index in [1.807, 2.05) is 13.8 Å². The van der Waals surface area contributed by atoms with Gasteiger partial charge in [-0.1, -0.05) is 6.07 Å². The lowest BCUT2D eigenvalue weighted by molar-refractivity contribution is -0.114. The molecule has 2 N–H and O–H groups in total. The van der Waals surface area contributed by atoms with Gasteiger partial charge >= 0.3 is 0 Å². The Morgan fingerprint density at radius 1 is 1.56 bits per heavy atom. The number of nitriles is 1. The quantitative estimate of drug-likeness (QED) is 0.686. The zero-order valence-electron chi connectivity index (χ0n) is 10.1. The van der Waals surface area contributed by atoms with E-state index in [1.54, 1.807) is 24.3 Å². The van der Waals surface area contributed by atoms with E-state index < -0.39 is 5.91 Å². The van der Waals surface area contributed by atoms with Crippen molar-refractivity contribution in [2.24, 2.45) is 5.73 Å². The predicted octanol–water partition coefficient (Wildman–Crippen LogP) is 2.63. The fraction of sp³-hybridized carbons (Fsp3) is 0.231. The summed E-state index contributed by atoms with van der Waals surface area (Å²) >= 11 is 3.37. The van der Waals surface area contributed by atoms with Gasteiger partial charge in [0.25, 0.3) is 5.91 Å². The molecule has 0 fully saturated rings. The Morgan fingerprint density at radius 3 is 2.67 bits per heavy atom. The van der Waals surface area contributed by atoms with Gasteiger partial charge in [0.05, 0.1) is 10.6 Å². The molecule has 94 valence electrons. The summed E-state index contributed by atoms with van der Waals surface area (Å²) in [4.78, 5) is 10.9. The molecule has 0 saturated carbocycles. The van der Waals surface area contributed by atoms with E-state index in [2.05, 4.69) is 15.9 Å². The van der Waals surface area contributed by atoms with Crippen LogP contribution in [0.25, 0.3) is 6.08 Å². The fourth-order valence-electron chi connectivity index (χ4n) is 1.28. The van der Waals surface area contributed by atoms with Crippen molar-refractivity contribution in [1.29, 1.82) is 5.26 Å². The average molecular weight is 309 g/mol. The van der Waals surface area contributed by atoms with Crippen LogP contribution in [0.1, 0.15) is 19.4 Å². The van der Waals surface area contributed by atoms with E-state index >= 15 is 0 Å². The zero-order chi connectivity index (χ0) is 13.7. The lowest BCUT2D eigenvalue weighted by atomic mass is 10.1. The van der Waals surface area contributed by atoms with Gasteiger partial charge in [-0.3, -0.25) is 4.79 Å². The second-order valence-electron chi connectivity index (χ2n) is 3.89. The third-order valence-corrected chi connectivity index (χ3v) is 2.64. The van der Waals surface area contributed by atoms with E-state index in [4.69, 9.17) is 15.7 Å². The molecule has 0 bridgehead atoms. The lowest BCUT2D eigenvalue weighted by Crippen LogP contribution is -2.12. The molecule has 0 aliphatic rings. The van der Waals surface area contributed by atoms with Crippen molar-refractivity contribution in [2.75, 3.05) is 0 Å². The van der Waals surface area contributed by atoms with Gasteiger partial charge in [0.2, 0.25) is 0 Å². The van der Waals surface area contributed by atoms with Gasteiger partial charge in [-0.2, -0.15) is 5.26 Å². The van der Waals surface area contributed by atoms with Crippen LogP contribution >= 0.6 is 15.9 Å². The molecule has 1 aromatic carbocycles. The number of ether oxygens (including phenoxy) is 1. The first-order chi connectivity index (χ1) is 8.43. The number of carbonyl (C=O) groups excluding carboxylic acids is 1. The summed E-state index contributed by atoms with van der Waals surface area (Å²) in [5.41, 5.74) is 5.68. The van der Waals surface area contributed by atoms with Crippen molar-refractivity contribution in [3.63, 3.8) is 0 Å². The maximum Gasteiger partial charge on any atom is 0.259 e. The second kappa shape index (κ2) is 6.22. The topological polar surface area (TPSA) is 76.1 Å². The van der Waals surface area contributed by atoms with Gasteiger partial charge < -0.3 is 10.5 Å². The molecule has 0 atom stereocenters. The molecule has 0 spiro atoms. The number of benzene rings is 1. The van der Waals surface area contributed by atoms with Crippen LogP contribution < -0.4 is 10.5 Å². The number of halogens is 1. The van der Waals surface area contributed by atoms with Crippen LogP contribution in [0.15, 0.2) is 28.2 Å². The fourth-order valence-corrected chi connectivity index (χ4v) is 1.77. The Bertz CT molecular complexity index is 530. The third kappa shape index (κ3) is 3.90. The van der Waals surface area contributed by atoms with Crippen LogP contribution in [0.2, 0.25) is 0 Å². The molecule has 5 heteroatoms. The monoisotopic (exact) mass is 308 g/mol. The minimum Gasteiger partial charge on any atom is -0.490 e. The lowest BCUT2D eigenvalue weighted by Gasteiger charge is -2.11. The van der Waals surface area contributed by atoms with Crippen molar-refractivity contribution in [1.82, 2.24) is 0 Å². The summed E-state index contributed by atoms with van der Waals surface area (Å²) in [7, 11) is 0. The van der Waals surface area contributed by atoms with Crippen molar-refractivity contribution in [3.05, 3.63) is 33.8 Å². The maximum atomic E-state index is 10.9. The molecule has 1 aromatic rings. The van der Waals surface area contributed by atoms with Crippen molar-refractivity contribution in [2.45, 2.75) is 20.0 Å². The first kappa shape index (κ1) is 14.3. The molecule has 0 saturated heterocycles. The Balaban J connectivity index is 3.05. The van der Waals surface area contributed by atoms with E-state index in [9.17, 15) is 4.79 Å². The molecular weight excluding hydrogens is 296 g/mol. The number of nitrogens with two attached hydrogens (primary N) is 1. The standard InChI is InChI=1S/C13H13BrN2O2/c1-8(2)18-12-4-3-9(6-11(12)14)5-10(7-15)13(16)17/h3-6,8H,1-2H3,(H2,16,17)/b10-5+. The number of carbonyl (C=O) groups is 1. The number of hydrogen-bond acceptors (Lipinski definition) is 3. The molecule has 18 heavy (non-hydrogen) atoms. The van der Waals surface area contributed by atoms with Crippen molar-refractivity contribution in [3.8, 4) is 11.8 Å². The highest BCUT2D eigenvalue weighted by molar-refractivity contribution is 9.10. The molecule has 1 rings (SSSR count). The van der Waals surface area contributed by atoms with Gasteiger partial charge in [-0.15, -0.1) is 0 Å². The van der Waals surface area contributed by atoms with Crippen LogP contribution in [-0.4, -0.2) is 12.0 Å². The van der Waals surface area contributed by atoms with Crippen LogP contribution in [0.4, 0.5) is 0 Å². The largest absolute Gasteiger partial charge is 0.490 e. The summed E-state index contributed by atoms with van der Waals surface area (Å²) in [6, 6.07) is 7.04. The first-order valence-corrected chi connectivity index (χ1v) is 6.11. The molecule has 0 unspecified atom stereocenters. The van der Waals surface area contributed by atoms with Crippen LogP contribution in [0, 0.1) is 11.3 Å². The second-order valence-corrected chi connectivity index (χ2v) is 4.74. The Morgan fingerprint density at radius 2 is 2.22 bits per heavy atom. The summed E-state index contributed by atoms with van der Waals surface area (Å²) in [6.07, 6.45) is 1.51. The predicted molar refractivity (Wildman–Crippen MR) is 72.7 cm³/mol. The molecule has 4 nitrogen and oxygen atoms in total. The highest BCUT2D eigenvalue weighted by Gasteiger charge is 2.06. The first-order valence-electron chi connectivity index (χ1n) is 5.32. The SMILES string of the molecule is CC(C)Oc1ccc(/C=C(\C#N)C(N)=O)cc1Br. The maximum absolute atomic E-state index is 10.9. The normalized spacial score (nSPS) is 11.2. The van der Waals surface area contributed by atoms with Gasteiger partial charge in [-0.05, 0) is 53.5 Å². The molecule has 1 amide bonds. The number of rotatable bonds is 4. The molecular formula is C13H13BrN2O2. The minimum absolute atomic E-state index is 0.0722. The van der Waals surface area contributed by atoms with Gasteiger partial charge in [-0.25, -0.2) is 0 Å². The highest BCUT2D eigenvalue weighted by atomic mass is 79.9. The molecule has 0 aliphatic heterocycles. The zero-order valence-corrected chi connectivity index (χ0v) is 11.7. The highest BCUT2D eigenvalue weighted by Crippen LogP contribution is 2.27. The van der Waals surface area contributed by atoms with Crippen LogP contribution in [0.3, 0.4) is 0 Å². The number of amides is 1. The molecule has 0 aromatic heterocycles. The summed E-state index contributed by atoms with van der Waals surface area (Å²) in [5, 5.41) is 8.75. The Labute approximate surface area is 114 Å². The van der Waals surface area contributed by atoms with E-state index in [0.29, 0.717) is 11.3 Å². The van der Waals surface area contributed by atoms with Gasteiger partial charge in [0, 0.05) is 0 Å². The summed E-state index contributed by atoms with van der Waals surface area (Å²) < 4.78 is 6.31. The van der Waals surface area contributed by atoms with E-state index in [1.165, 1.54) is 6.08 Å². The van der Waals surface area contributed by atoms with E-state index in [0.717, 1.165) is 4.47 Å². The summed E-state index contributed by atoms with van der Waals surface area (Å²) in [5.74, 6) is -0.0316. The van der Waals surface area contributed by atoms with Crippen LogP contribution in [-0.2, 0) is 4.79 Å².